The minimum absolute atomic E-state index is 0.104. The van der Waals surface area contributed by atoms with Gasteiger partial charge in [0.15, 0.2) is 0 Å². The molecule has 0 bridgehead atoms. The number of likely N-dealkylation sites (N-methyl/N-ethyl adjacent to an activating group) is 1. The fraction of sp³-hybridized carbons (Fsp3) is 0.355. The Morgan fingerprint density at radius 1 is 0.872 bits per heavy atom. The van der Waals surface area contributed by atoms with Gasteiger partial charge in [-0.3, -0.25) is 13.9 Å². The topological polar surface area (TPSA) is 86.8 Å². The summed E-state index contributed by atoms with van der Waals surface area (Å²) in [5, 5.41) is 2.72. The number of aryl methyl sites for hydroxylation is 2. The van der Waals surface area contributed by atoms with E-state index in [0.717, 1.165) is 28.7 Å². The van der Waals surface area contributed by atoms with Gasteiger partial charge in [0.25, 0.3) is 0 Å². The second-order valence-electron chi connectivity index (χ2n) is 9.79. The standard InChI is InChI=1S/C31H39N3O4S/c1-5-25-17-19-28(20-18-25)34(39(4,37)38)21-9-12-30(35)33(23-27-15-13-24(2)14-16-27)29(31(36)32-3)22-26-10-7-6-8-11-26/h6-8,10-11,13-20,29H,5,9,12,21-23H2,1-4H3,(H,32,36)/t29-/m0/s1. The van der Waals surface area contributed by atoms with Crippen LogP contribution in [0.1, 0.15) is 42.0 Å². The van der Waals surface area contributed by atoms with Gasteiger partial charge in [-0.25, -0.2) is 8.42 Å². The average molecular weight is 550 g/mol. The van der Waals surface area contributed by atoms with Crippen molar-refractivity contribution in [3.05, 3.63) is 101 Å². The summed E-state index contributed by atoms with van der Waals surface area (Å²) in [7, 11) is -1.97. The lowest BCUT2D eigenvalue weighted by molar-refractivity contribution is -0.141. The highest BCUT2D eigenvalue weighted by Gasteiger charge is 2.30. The van der Waals surface area contributed by atoms with E-state index in [1.165, 1.54) is 10.6 Å². The molecule has 0 aromatic heterocycles. The molecule has 0 saturated heterocycles. The number of sulfonamides is 1. The van der Waals surface area contributed by atoms with Crippen molar-refractivity contribution >= 4 is 27.5 Å². The second-order valence-corrected chi connectivity index (χ2v) is 11.7. The smallest absolute Gasteiger partial charge is 0.242 e. The first-order chi connectivity index (χ1) is 18.6. The highest BCUT2D eigenvalue weighted by Crippen LogP contribution is 2.21. The Labute approximate surface area is 232 Å². The molecule has 3 aromatic carbocycles. The van der Waals surface area contributed by atoms with Crippen LogP contribution in [-0.2, 0) is 39.0 Å². The van der Waals surface area contributed by atoms with E-state index in [4.69, 9.17) is 0 Å². The van der Waals surface area contributed by atoms with Gasteiger partial charge in [-0.1, -0.05) is 79.2 Å². The third-order valence-corrected chi connectivity index (χ3v) is 7.97. The van der Waals surface area contributed by atoms with E-state index >= 15 is 0 Å². The van der Waals surface area contributed by atoms with Crippen LogP contribution in [-0.4, -0.2) is 51.0 Å². The normalized spacial score (nSPS) is 12.0. The largest absolute Gasteiger partial charge is 0.357 e. The monoisotopic (exact) mass is 549 g/mol. The average Bonchev–Trinajstić information content (AvgIpc) is 2.93. The summed E-state index contributed by atoms with van der Waals surface area (Å²) in [6.45, 7) is 4.48. The summed E-state index contributed by atoms with van der Waals surface area (Å²) in [5.74, 6) is -0.442. The van der Waals surface area contributed by atoms with Gasteiger partial charge in [-0.2, -0.15) is 0 Å². The van der Waals surface area contributed by atoms with Crippen LogP contribution in [0.4, 0.5) is 5.69 Å². The number of hydrogen-bond acceptors (Lipinski definition) is 4. The highest BCUT2D eigenvalue weighted by atomic mass is 32.2. The van der Waals surface area contributed by atoms with E-state index in [9.17, 15) is 18.0 Å². The van der Waals surface area contributed by atoms with Gasteiger partial charge in [0, 0.05) is 33.0 Å². The molecule has 8 heteroatoms. The van der Waals surface area contributed by atoms with Crippen LogP contribution in [0.3, 0.4) is 0 Å². The predicted octanol–water partition coefficient (Wildman–Crippen LogP) is 4.49. The van der Waals surface area contributed by atoms with Crippen molar-refractivity contribution < 1.29 is 18.0 Å². The molecule has 1 atom stereocenters. The molecule has 0 aliphatic heterocycles. The number of anilines is 1. The molecule has 0 spiro atoms. The third kappa shape index (κ3) is 8.68. The van der Waals surface area contributed by atoms with Gasteiger partial charge < -0.3 is 10.2 Å². The zero-order chi connectivity index (χ0) is 28.4. The molecule has 7 nitrogen and oxygen atoms in total. The molecule has 39 heavy (non-hydrogen) atoms. The number of benzene rings is 3. The fourth-order valence-electron chi connectivity index (χ4n) is 4.51. The van der Waals surface area contributed by atoms with E-state index in [-0.39, 0.29) is 31.3 Å². The van der Waals surface area contributed by atoms with Crippen molar-refractivity contribution in [3.63, 3.8) is 0 Å². The van der Waals surface area contributed by atoms with Crippen molar-refractivity contribution in [1.82, 2.24) is 10.2 Å². The van der Waals surface area contributed by atoms with Crippen molar-refractivity contribution in [2.45, 2.75) is 52.1 Å². The molecule has 2 amide bonds. The molecule has 0 saturated carbocycles. The van der Waals surface area contributed by atoms with Crippen molar-refractivity contribution in [1.29, 1.82) is 0 Å². The van der Waals surface area contributed by atoms with Gasteiger partial charge in [-0.05, 0) is 48.6 Å². The maximum Gasteiger partial charge on any atom is 0.242 e. The Hall–Kier alpha value is -3.65. The molecule has 0 fully saturated rings. The SMILES string of the molecule is CCc1ccc(N(CCCC(=O)N(Cc2ccc(C)cc2)[C@@H](Cc2ccccc2)C(=O)NC)S(C)(=O)=O)cc1. The van der Waals surface area contributed by atoms with E-state index in [1.54, 1.807) is 24.1 Å². The van der Waals surface area contributed by atoms with Crippen molar-refractivity contribution in [2.24, 2.45) is 0 Å². The van der Waals surface area contributed by atoms with E-state index < -0.39 is 16.1 Å². The Morgan fingerprint density at radius 3 is 2.05 bits per heavy atom. The lowest BCUT2D eigenvalue weighted by Crippen LogP contribution is -2.49. The van der Waals surface area contributed by atoms with Gasteiger partial charge >= 0.3 is 0 Å². The number of hydrogen-bond donors (Lipinski definition) is 1. The first kappa shape index (κ1) is 29.9. The molecular weight excluding hydrogens is 510 g/mol. The van der Waals surface area contributed by atoms with E-state index in [2.05, 4.69) is 5.32 Å². The number of carbonyl (C=O) groups is 2. The molecule has 3 rings (SSSR count). The Morgan fingerprint density at radius 2 is 1.49 bits per heavy atom. The minimum atomic E-state index is -3.54. The van der Waals surface area contributed by atoms with E-state index in [1.807, 2.05) is 80.6 Å². The van der Waals surface area contributed by atoms with Crippen LogP contribution in [0, 0.1) is 6.92 Å². The Kier molecular flexibility index (Phi) is 10.7. The van der Waals surface area contributed by atoms with Crippen LogP contribution < -0.4 is 9.62 Å². The summed E-state index contributed by atoms with van der Waals surface area (Å²) in [6, 6.07) is 24.2. The molecule has 0 radical (unpaired) electrons. The maximum absolute atomic E-state index is 13.7. The fourth-order valence-corrected chi connectivity index (χ4v) is 5.48. The highest BCUT2D eigenvalue weighted by molar-refractivity contribution is 7.92. The second kappa shape index (κ2) is 13.9. The molecule has 0 aliphatic carbocycles. The van der Waals surface area contributed by atoms with Gasteiger partial charge in [0.2, 0.25) is 21.8 Å². The molecule has 3 aromatic rings. The summed E-state index contributed by atoms with van der Waals surface area (Å²) < 4.78 is 26.5. The zero-order valence-electron chi connectivity index (χ0n) is 23.3. The molecule has 208 valence electrons. The quantitative estimate of drug-likeness (QED) is 0.340. The lowest BCUT2D eigenvalue weighted by Gasteiger charge is -2.31. The molecule has 0 aliphatic rings. The zero-order valence-corrected chi connectivity index (χ0v) is 24.1. The molecular formula is C31H39N3O4S. The number of rotatable bonds is 13. The molecule has 0 unspecified atom stereocenters. The van der Waals surface area contributed by atoms with Crippen LogP contribution in [0.5, 0.6) is 0 Å². The number of nitrogens with zero attached hydrogens (tertiary/aromatic N) is 2. The molecule has 1 N–H and O–H groups in total. The van der Waals surface area contributed by atoms with Gasteiger partial charge in [0.05, 0.1) is 11.9 Å². The van der Waals surface area contributed by atoms with Crippen LogP contribution in [0.25, 0.3) is 0 Å². The first-order valence-electron chi connectivity index (χ1n) is 13.3. The third-order valence-electron chi connectivity index (χ3n) is 6.78. The number of nitrogens with one attached hydrogen (secondary N) is 1. The Balaban J connectivity index is 1.82. The van der Waals surface area contributed by atoms with Gasteiger partial charge in [-0.15, -0.1) is 0 Å². The van der Waals surface area contributed by atoms with Gasteiger partial charge in [0.1, 0.15) is 6.04 Å². The summed E-state index contributed by atoms with van der Waals surface area (Å²) in [6.07, 6.45) is 2.83. The lowest BCUT2D eigenvalue weighted by atomic mass is 10.0. The van der Waals surface area contributed by atoms with Crippen molar-refractivity contribution in [3.8, 4) is 0 Å². The summed E-state index contributed by atoms with van der Waals surface area (Å²) >= 11 is 0. The summed E-state index contributed by atoms with van der Waals surface area (Å²) in [5.41, 5.74) is 4.67. The maximum atomic E-state index is 13.7. The van der Waals surface area contributed by atoms with Crippen LogP contribution >= 0.6 is 0 Å². The number of amides is 2. The molecule has 0 heterocycles. The summed E-state index contributed by atoms with van der Waals surface area (Å²) in [4.78, 5) is 28.4. The predicted molar refractivity (Wildman–Crippen MR) is 157 cm³/mol. The Bertz CT molecular complexity index is 1320. The minimum Gasteiger partial charge on any atom is -0.357 e. The van der Waals surface area contributed by atoms with E-state index in [0.29, 0.717) is 18.5 Å². The van der Waals surface area contributed by atoms with Crippen LogP contribution in [0.2, 0.25) is 0 Å². The number of carbonyl (C=O) groups excluding carboxylic acids is 2. The van der Waals surface area contributed by atoms with Crippen LogP contribution in [0.15, 0.2) is 78.9 Å². The van der Waals surface area contributed by atoms with Crippen molar-refractivity contribution in [2.75, 3.05) is 24.2 Å². The first-order valence-corrected chi connectivity index (χ1v) is 15.1.